The van der Waals surface area contributed by atoms with Crippen LogP contribution in [0.4, 0.5) is 22.0 Å². The van der Waals surface area contributed by atoms with Crippen LogP contribution in [0, 0.1) is 11.6 Å². The molecule has 104 valence electrons. The molecule has 0 spiro atoms. The average molecular weight is 301 g/mol. The third-order valence-electron chi connectivity index (χ3n) is 1.86. The van der Waals surface area contributed by atoms with Gasteiger partial charge in [0.15, 0.2) is 11.6 Å². The van der Waals surface area contributed by atoms with E-state index in [9.17, 15) is 22.0 Å². The summed E-state index contributed by atoms with van der Waals surface area (Å²) < 4.78 is 63.7. The molecule has 1 rings (SSSR count). The number of halogens is 6. The topological polar surface area (TPSA) is 76.8 Å². The van der Waals surface area contributed by atoms with Crippen LogP contribution in [0.15, 0.2) is 16.3 Å². The fourth-order valence-electron chi connectivity index (χ4n) is 1.09. The van der Waals surface area contributed by atoms with E-state index < -0.39 is 39.9 Å². The lowest BCUT2D eigenvalue weighted by Crippen LogP contribution is -2.21. The Labute approximate surface area is 108 Å². The van der Waals surface area contributed by atoms with E-state index in [4.69, 9.17) is 23.1 Å². The van der Waals surface area contributed by atoms with Gasteiger partial charge in [0.2, 0.25) is 5.96 Å². The minimum absolute atomic E-state index is 0.247. The zero-order valence-electron chi connectivity index (χ0n) is 8.97. The van der Waals surface area contributed by atoms with E-state index in [1.807, 2.05) is 0 Å². The molecule has 0 amide bonds. The first-order valence-corrected chi connectivity index (χ1v) is 4.89. The monoisotopic (exact) mass is 300 g/mol. The minimum Gasteiger partial charge on any atom is -0.369 e. The molecule has 0 aliphatic carbocycles. The smallest absolute Gasteiger partial charge is 0.369 e. The molecule has 0 saturated heterocycles. The quantitative estimate of drug-likeness (QED) is 0.289. The van der Waals surface area contributed by atoms with Crippen LogP contribution in [-0.2, 0) is 6.18 Å². The number of hydrogen-bond donors (Lipinski definition) is 2. The van der Waals surface area contributed by atoms with E-state index in [0.717, 1.165) is 0 Å². The van der Waals surface area contributed by atoms with Gasteiger partial charge in [0.1, 0.15) is 0 Å². The highest BCUT2D eigenvalue weighted by Crippen LogP contribution is 2.35. The van der Waals surface area contributed by atoms with Crippen molar-refractivity contribution in [3.63, 3.8) is 0 Å². The van der Waals surface area contributed by atoms with E-state index in [1.54, 1.807) is 0 Å². The second kappa shape index (κ2) is 5.39. The van der Waals surface area contributed by atoms with Crippen LogP contribution in [0.3, 0.4) is 0 Å². The van der Waals surface area contributed by atoms with E-state index in [-0.39, 0.29) is 6.07 Å². The van der Waals surface area contributed by atoms with Gasteiger partial charge >= 0.3 is 6.18 Å². The van der Waals surface area contributed by atoms with Gasteiger partial charge in [-0.15, -0.1) is 5.10 Å². The second-order valence-electron chi connectivity index (χ2n) is 3.21. The van der Waals surface area contributed by atoms with Crippen molar-refractivity contribution in [2.75, 3.05) is 0 Å². The fraction of sp³-hybridized carbons (Fsp3) is 0.111. The highest BCUT2D eigenvalue weighted by molar-refractivity contribution is 6.33. The number of hydrogen-bond acceptors (Lipinski definition) is 2. The van der Waals surface area contributed by atoms with Gasteiger partial charge in [-0.25, -0.2) is 8.78 Å². The van der Waals surface area contributed by atoms with Gasteiger partial charge in [0, 0.05) is 0 Å². The first kappa shape index (κ1) is 15.2. The van der Waals surface area contributed by atoms with Crippen LogP contribution in [0.25, 0.3) is 0 Å². The van der Waals surface area contributed by atoms with Gasteiger partial charge in [-0.1, -0.05) is 11.6 Å². The highest BCUT2D eigenvalue weighted by atomic mass is 35.5. The summed E-state index contributed by atoms with van der Waals surface area (Å²) in [5.74, 6) is -4.35. The highest BCUT2D eigenvalue weighted by Gasteiger charge is 2.36. The molecule has 4 nitrogen and oxygen atoms in total. The molecule has 0 unspecified atom stereocenters. The van der Waals surface area contributed by atoms with E-state index in [0.29, 0.717) is 6.21 Å². The standard InChI is InChI=1S/C9H6ClF5N4/c10-5-1-4(9(13,14)15)7(12)6(11)3(5)2-18-19-8(16)17/h1-2H,(H4,16,17,19). The molecule has 0 fully saturated rings. The third kappa shape index (κ3) is 3.53. The van der Waals surface area contributed by atoms with Crippen molar-refractivity contribution in [1.29, 1.82) is 0 Å². The predicted molar refractivity (Wildman–Crippen MR) is 59.8 cm³/mol. The lowest BCUT2D eigenvalue weighted by Gasteiger charge is -2.10. The number of nitrogens with two attached hydrogens (primary N) is 2. The lowest BCUT2D eigenvalue weighted by atomic mass is 10.1. The van der Waals surface area contributed by atoms with Crippen molar-refractivity contribution in [1.82, 2.24) is 0 Å². The molecular formula is C9H6ClF5N4. The van der Waals surface area contributed by atoms with Gasteiger partial charge in [-0.05, 0) is 6.07 Å². The number of nitrogens with zero attached hydrogens (tertiary/aromatic N) is 2. The van der Waals surface area contributed by atoms with Crippen LogP contribution in [-0.4, -0.2) is 12.2 Å². The van der Waals surface area contributed by atoms with Crippen molar-refractivity contribution in [2.24, 2.45) is 21.7 Å². The Balaban J connectivity index is 3.35. The first-order chi connectivity index (χ1) is 8.64. The number of benzene rings is 1. The van der Waals surface area contributed by atoms with Crippen molar-refractivity contribution in [3.8, 4) is 0 Å². The Bertz CT molecular complexity index is 549. The van der Waals surface area contributed by atoms with Crippen molar-refractivity contribution < 1.29 is 22.0 Å². The zero-order valence-corrected chi connectivity index (χ0v) is 9.73. The summed E-state index contributed by atoms with van der Waals surface area (Å²) in [6.07, 6.45) is -4.47. The van der Waals surface area contributed by atoms with Crippen molar-refractivity contribution in [2.45, 2.75) is 6.18 Å². The molecule has 0 aliphatic rings. The summed E-state index contributed by atoms with van der Waals surface area (Å²) in [5, 5.41) is 5.53. The van der Waals surface area contributed by atoms with Crippen LogP contribution in [0.2, 0.25) is 5.02 Å². The summed E-state index contributed by atoms with van der Waals surface area (Å²) in [6.45, 7) is 0. The maximum atomic E-state index is 13.4. The second-order valence-corrected chi connectivity index (χ2v) is 3.62. The van der Waals surface area contributed by atoms with E-state index in [2.05, 4.69) is 10.2 Å². The molecule has 0 saturated carbocycles. The van der Waals surface area contributed by atoms with Crippen molar-refractivity contribution >= 4 is 23.8 Å². The SMILES string of the molecule is NC(N)=NN=Cc1c(Cl)cc(C(F)(F)F)c(F)c1F. The van der Waals surface area contributed by atoms with Crippen LogP contribution in [0.5, 0.6) is 0 Å². The number of guanidine groups is 1. The molecule has 4 N–H and O–H groups in total. The van der Waals surface area contributed by atoms with Gasteiger partial charge < -0.3 is 11.5 Å². The summed E-state index contributed by atoms with van der Waals surface area (Å²) in [7, 11) is 0. The summed E-state index contributed by atoms with van der Waals surface area (Å²) in [5.41, 5.74) is 7.31. The maximum Gasteiger partial charge on any atom is 0.419 e. The molecular weight excluding hydrogens is 295 g/mol. The van der Waals surface area contributed by atoms with Crippen LogP contribution >= 0.6 is 11.6 Å². The summed E-state index contributed by atoms with van der Waals surface area (Å²) in [6, 6.07) is 0.247. The Morgan fingerprint density at radius 2 is 1.79 bits per heavy atom. The summed E-state index contributed by atoms with van der Waals surface area (Å²) in [4.78, 5) is 0. The molecule has 0 heterocycles. The van der Waals surface area contributed by atoms with Gasteiger partial charge in [-0.2, -0.15) is 18.3 Å². The molecule has 0 atom stereocenters. The molecule has 0 aliphatic heterocycles. The van der Waals surface area contributed by atoms with Gasteiger partial charge in [-0.3, -0.25) is 0 Å². The van der Waals surface area contributed by atoms with Gasteiger partial charge in [0.25, 0.3) is 0 Å². The molecule has 19 heavy (non-hydrogen) atoms. The molecule has 1 aromatic carbocycles. The average Bonchev–Trinajstić information content (AvgIpc) is 2.26. The number of alkyl halides is 3. The number of rotatable bonds is 2. The molecule has 1 aromatic rings. The molecule has 0 aromatic heterocycles. The Morgan fingerprint density at radius 3 is 2.26 bits per heavy atom. The Hall–Kier alpha value is -1.90. The normalized spacial score (nSPS) is 11.9. The van der Waals surface area contributed by atoms with E-state index >= 15 is 0 Å². The summed E-state index contributed by atoms with van der Waals surface area (Å²) >= 11 is 5.42. The Morgan fingerprint density at radius 1 is 1.21 bits per heavy atom. The fourth-order valence-corrected chi connectivity index (χ4v) is 1.33. The predicted octanol–water partition coefficient (Wildman–Crippen LogP) is 2.24. The van der Waals surface area contributed by atoms with E-state index in [1.165, 1.54) is 0 Å². The van der Waals surface area contributed by atoms with Crippen LogP contribution in [0.1, 0.15) is 11.1 Å². The van der Waals surface area contributed by atoms with Crippen LogP contribution < -0.4 is 11.5 Å². The minimum atomic E-state index is -5.07. The molecule has 0 radical (unpaired) electrons. The molecule has 10 heteroatoms. The zero-order chi connectivity index (χ0) is 14.8. The largest absolute Gasteiger partial charge is 0.419 e. The lowest BCUT2D eigenvalue weighted by molar-refractivity contribution is -0.140. The van der Waals surface area contributed by atoms with Gasteiger partial charge in [0.05, 0.1) is 22.4 Å². The first-order valence-electron chi connectivity index (χ1n) is 4.51. The maximum absolute atomic E-state index is 13.4. The molecule has 0 bridgehead atoms. The Kier molecular flexibility index (Phi) is 4.30. The third-order valence-corrected chi connectivity index (χ3v) is 2.17. The van der Waals surface area contributed by atoms with Crippen molar-refractivity contribution in [3.05, 3.63) is 33.9 Å².